The van der Waals surface area contributed by atoms with E-state index in [1.54, 1.807) is 29.2 Å². The summed E-state index contributed by atoms with van der Waals surface area (Å²) >= 11 is 0. The van der Waals surface area contributed by atoms with Crippen LogP contribution in [0.5, 0.6) is 0 Å². The van der Waals surface area contributed by atoms with E-state index in [1.807, 2.05) is 70.2 Å². The monoisotopic (exact) mass is 425 g/mol. The summed E-state index contributed by atoms with van der Waals surface area (Å²) in [6.07, 6.45) is 5.16. The standard InChI is InChI=1S/C25H23N5O2/c31-23-14-17-29(21-12-7-16-28(18-21)25(32)19-8-3-1-4-9-19)27-24(23)22-13-15-26-30(22)20-10-5-2-6-11-20/h1-6,8-11,13-15,17,21H,7,12,16,18H2. The van der Waals surface area contributed by atoms with E-state index in [-0.39, 0.29) is 17.4 Å². The Balaban J connectivity index is 1.44. The van der Waals surface area contributed by atoms with Crippen molar-refractivity contribution in [1.29, 1.82) is 0 Å². The highest BCUT2D eigenvalue weighted by atomic mass is 16.2. The predicted molar refractivity (Wildman–Crippen MR) is 122 cm³/mol. The predicted octanol–water partition coefficient (Wildman–Crippen LogP) is 3.57. The first kappa shape index (κ1) is 19.9. The van der Waals surface area contributed by atoms with Crippen LogP contribution in [-0.2, 0) is 0 Å². The van der Waals surface area contributed by atoms with Gasteiger partial charge in [0.1, 0.15) is 0 Å². The Bertz CT molecular complexity index is 1280. The van der Waals surface area contributed by atoms with Crippen molar-refractivity contribution in [2.75, 3.05) is 13.1 Å². The largest absolute Gasteiger partial charge is 0.337 e. The molecule has 4 aromatic rings. The maximum absolute atomic E-state index is 12.9. The van der Waals surface area contributed by atoms with Crippen molar-refractivity contribution in [3.63, 3.8) is 0 Å². The summed E-state index contributed by atoms with van der Waals surface area (Å²) < 4.78 is 3.55. The van der Waals surface area contributed by atoms with Crippen LogP contribution in [0, 0.1) is 0 Å². The minimum absolute atomic E-state index is 0.00357. The number of hydrogen-bond donors (Lipinski definition) is 0. The number of para-hydroxylation sites is 1. The zero-order valence-electron chi connectivity index (χ0n) is 17.5. The van der Waals surface area contributed by atoms with Crippen molar-refractivity contribution in [3.8, 4) is 17.1 Å². The first-order chi connectivity index (χ1) is 15.7. The molecule has 7 heteroatoms. The number of likely N-dealkylation sites (tertiary alicyclic amines) is 1. The van der Waals surface area contributed by atoms with Crippen LogP contribution < -0.4 is 5.43 Å². The van der Waals surface area contributed by atoms with E-state index in [4.69, 9.17) is 5.10 Å². The number of benzene rings is 2. The Hall–Kier alpha value is -4.00. The van der Waals surface area contributed by atoms with E-state index in [2.05, 4.69) is 5.10 Å². The molecular weight excluding hydrogens is 402 g/mol. The second-order valence-corrected chi connectivity index (χ2v) is 7.89. The lowest BCUT2D eigenvalue weighted by Gasteiger charge is -2.33. The Kier molecular flexibility index (Phi) is 5.37. The van der Waals surface area contributed by atoms with Crippen molar-refractivity contribution in [3.05, 3.63) is 101 Å². The van der Waals surface area contributed by atoms with E-state index >= 15 is 0 Å². The number of piperidine rings is 1. The maximum atomic E-state index is 12.9. The lowest BCUT2D eigenvalue weighted by atomic mass is 10.0. The third-order valence-electron chi connectivity index (χ3n) is 5.79. The summed E-state index contributed by atoms with van der Waals surface area (Å²) in [5.41, 5.74) is 2.38. The molecule has 32 heavy (non-hydrogen) atoms. The van der Waals surface area contributed by atoms with Gasteiger partial charge in [0.15, 0.2) is 5.69 Å². The van der Waals surface area contributed by atoms with E-state index in [1.165, 1.54) is 0 Å². The van der Waals surface area contributed by atoms with Crippen LogP contribution in [0.4, 0.5) is 0 Å². The van der Waals surface area contributed by atoms with Gasteiger partial charge in [0.2, 0.25) is 5.43 Å². The van der Waals surface area contributed by atoms with Crippen molar-refractivity contribution in [1.82, 2.24) is 24.5 Å². The summed E-state index contributed by atoms with van der Waals surface area (Å²) in [5.74, 6) is 0.0266. The van der Waals surface area contributed by atoms with Gasteiger partial charge in [-0.25, -0.2) is 4.68 Å². The lowest BCUT2D eigenvalue weighted by Crippen LogP contribution is -2.41. The van der Waals surface area contributed by atoms with Gasteiger partial charge in [-0.3, -0.25) is 14.3 Å². The number of carbonyl (C=O) groups is 1. The smallest absolute Gasteiger partial charge is 0.253 e. The minimum Gasteiger partial charge on any atom is -0.337 e. The number of nitrogens with zero attached hydrogens (tertiary/aromatic N) is 5. The average Bonchev–Trinajstić information content (AvgIpc) is 3.35. The molecule has 0 bridgehead atoms. The molecule has 1 atom stereocenters. The van der Waals surface area contributed by atoms with Gasteiger partial charge in [0, 0.05) is 30.9 Å². The fourth-order valence-electron chi connectivity index (χ4n) is 4.18. The molecule has 1 fully saturated rings. The SMILES string of the molecule is O=C(c1ccccc1)N1CCCC(n2ccc(=O)c(-c3ccnn3-c3ccccc3)n2)C1. The quantitative estimate of drug-likeness (QED) is 0.501. The zero-order chi connectivity index (χ0) is 21.9. The second-order valence-electron chi connectivity index (χ2n) is 7.89. The number of rotatable bonds is 4. The van der Waals surface area contributed by atoms with E-state index in [9.17, 15) is 9.59 Å². The molecule has 0 aliphatic carbocycles. The molecule has 0 saturated carbocycles. The van der Waals surface area contributed by atoms with Gasteiger partial charge >= 0.3 is 0 Å². The van der Waals surface area contributed by atoms with Crippen LogP contribution >= 0.6 is 0 Å². The van der Waals surface area contributed by atoms with Crippen molar-refractivity contribution in [2.24, 2.45) is 0 Å². The average molecular weight is 425 g/mol. The number of amides is 1. The number of carbonyl (C=O) groups excluding carboxylic acids is 1. The van der Waals surface area contributed by atoms with Gasteiger partial charge < -0.3 is 4.90 Å². The van der Waals surface area contributed by atoms with Crippen LogP contribution in [0.2, 0.25) is 0 Å². The molecule has 3 heterocycles. The molecule has 1 saturated heterocycles. The van der Waals surface area contributed by atoms with Crippen molar-refractivity contribution < 1.29 is 4.79 Å². The summed E-state index contributed by atoms with van der Waals surface area (Å²) in [4.78, 5) is 27.5. The Morgan fingerprint density at radius 2 is 1.69 bits per heavy atom. The normalized spacial score (nSPS) is 16.1. The molecule has 0 N–H and O–H groups in total. The topological polar surface area (TPSA) is 73.0 Å². The summed E-state index contributed by atoms with van der Waals surface area (Å²) in [6.45, 7) is 1.28. The summed E-state index contributed by atoms with van der Waals surface area (Å²) in [5, 5.41) is 9.09. The van der Waals surface area contributed by atoms with Crippen molar-refractivity contribution >= 4 is 5.91 Å². The Morgan fingerprint density at radius 1 is 0.938 bits per heavy atom. The fourth-order valence-corrected chi connectivity index (χ4v) is 4.18. The zero-order valence-corrected chi connectivity index (χ0v) is 17.5. The van der Waals surface area contributed by atoms with Gasteiger partial charge in [-0.1, -0.05) is 36.4 Å². The highest BCUT2D eigenvalue weighted by Gasteiger charge is 2.26. The summed E-state index contributed by atoms with van der Waals surface area (Å²) in [6, 6.07) is 22.3. The first-order valence-electron chi connectivity index (χ1n) is 10.7. The first-order valence-corrected chi connectivity index (χ1v) is 10.7. The molecule has 0 spiro atoms. The summed E-state index contributed by atoms with van der Waals surface area (Å²) in [7, 11) is 0. The molecular formula is C25H23N5O2. The minimum atomic E-state index is -0.160. The van der Waals surface area contributed by atoms with Crippen LogP contribution in [0.3, 0.4) is 0 Å². The molecule has 0 radical (unpaired) electrons. The van der Waals surface area contributed by atoms with Gasteiger partial charge in [-0.15, -0.1) is 0 Å². The van der Waals surface area contributed by atoms with Crippen LogP contribution in [0.15, 0.2) is 90.0 Å². The van der Waals surface area contributed by atoms with E-state index in [0.717, 1.165) is 25.1 Å². The molecule has 160 valence electrons. The molecule has 2 aromatic carbocycles. The highest BCUT2D eigenvalue weighted by molar-refractivity contribution is 5.94. The molecule has 5 rings (SSSR count). The van der Waals surface area contributed by atoms with Crippen LogP contribution in [0.1, 0.15) is 29.2 Å². The lowest BCUT2D eigenvalue weighted by molar-refractivity contribution is 0.0672. The third-order valence-corrected chi connectivity index (χ3v) is 5.79. The number of aromatic nitrogens is 4. The van der Waals surface area contributed by atoms with Gasteiger partial charge in [-0.05, 0) is 43.2 Å². The van der Waals surface area contributed by atoms with Gasteiger partial charge in [0.25, 0.3) is 5.91 Å². The molecule has 7 nitrogen and oxygen atoms in total. The van der Waals surface area contributed by atoms with E-state index < -0.39 is 0 Å². The van der Waals surface area contributed by atoms with Gasteiger partial charge in [0.05, 0.1) is 23.6 Å². The molecule has 1 aliphatic rings. The van der Waals surface area contributed by atoms with Crippen molar-refractivity contribution in [2.45, 2.75) is 18.9 Å². The highest BCUT2D eigenvalue weighted by Crippen LogP contribution is 2.24. The second kappa shape index (κ2) is 8.63. The van der Waals surface area contributed by atoms with Crippen LogP contribution in [-0.4, -0.2) is 43.5 Å². The maximum Gasteiger partial charge on any atom is 0.253 e. The Labute approximate surface area is 185 Å². The Morgan fingerprint density at radius 3 is 2.47 bits per heavy atom. The molecule has 2 aromatic heterocycles. The van der Waals surface area contributed by atoms with Crippen LogP contribution in [0.25, 0.3) is 17.1 Å². The van der Waals surface area contributed by atoms with Gasteiger partial charge in [-0.2, -0.15) is 10.2 Å². The number of hydrogen-bond acceptors (Lipinski definition) is 4. The molecule has 1 aliphatic heterocycles. The molecule has 1 amide bonds. The third kappa shape index (κ3) is 3.85. The fraction of sp³-hybridized carbons (Fsp3) is 0.200. The molecule has 1 unspecified atom stereocenters. The van der Waals surface area contributed by atoms with E-state index in [0.29, 0.717) is 23.5 Å².